The van der Waals surface area contributed by atoms with Crippen molar-refractivity contribution in [3.05, 3.63) is 193 Å². The van der Waals surface area contributed by atoms with Gasteiger partial charge in [-0.05, 0) is 111 Å². The molecule has 262 valence electrons. The molecule has 0 amide bonds. The topological polar surface area (TPSA) is 0 Å². The molecule has 0 saturated heterocycles. The van der Waals surface area contributed by atoms with E-state index in [-0.39, 0.29) is 5.41 Å². The number of hydrogen-bond acceptors (Lipinski definition) is 1. The zero-order valence-electron chi connectivity index (χ0n) is 31.2. The summed E-state index contributed by atoms with van der Waals surface area (Å²) in [4.78, 5) is 0. The van der Waals surface area contributed by atoms with Crippen LogP contribution in [0.15, 0.2) is 182 Å². The van der Waals surface area contributed by atoms with Crippen LogP contribution in [0.5, 0.6) is 0 Å². The molecule has 0 unspecified atom stereocenters. The molecule has 1 aliphatic rings. The summed E-state index contributed by atoms with van der Waals surface area (Å²) in [6.45, 7) is 4.81. The normalized spacial score (nSPS) is 13.3. The molecule has 0 spiro atoms. The van der Waals surface area contributed by atoms with Crippen molar-refractivity contribution >= 4 is 74.6 Å². The standard InChI is InChI=1S/C55H36S/c1-55(2)48-30-29-34(32-47(48)52-39-20-5-3-17-36(39)37-18-4-10-25-44(37)53(52)55)33-15-13-16-35(31-33)50-40-21-6-8-23-42(40)51(43-24-9-7-22-41(43)50)46-27-14-26-45-38-19-11-12-28-49(38)56-54(45)46/h3-32H,1-2H3. The quantitative estimate of drug-likeness (QED) is 0.126. The van der Waals surface area contributed by atoms with Crippen molar-refractivity contribution in [3.8, 4) is 44.5 Å². The van der Waals surface area contributed by atoms with Crippen molar-refractivity contribution in [3.63, 3.8) is 0 Å². The van der Waals surface area contributed by atoms with E-state index in [1.807, 2.05) is 11.3 Å². The van der Waals surface area contributed by atoms with E-state index < -0.39 is 0 Å². The van der Waals surface area contributed by atoms with Gasteiger partial charge in [-0.3, -0.25) is 0 Å². The molecule has 1 aliphatic carbocycles. The molecule has 11 aromatic rings. The van der Waals surface area contributed by atoms with E-state index in [9.17, 15) is 0 Å². The van der Waals surface area contributed by atoms with Crippen LogP contribution >= 0.6 is 11.3 Å². The average molecular weight is 729 g/mol. The highest BCUT2D eigenvalue weighted by Crippen LogP contribution is 2.55. The fraction of sp³-hybridized carbons (Fsp3) is 0.0545. The minimum Gasteiger partial charge on any atom is -0.135 e. The molecule has 0 bridgehead atoms. The van der Waals surface area contributed by atoms with Crippen LogP contribution in [0.4, 0.5) is 0 Å². The van der Waals surface area contributed by atoms with Crippen LogP contribution in [0.25, 0.3) is 108 Å². The van der Waals surface area contributed by atoms with Gasteiger partial charge in [0.05, 0.1) is 0 Å². The maximum atomic E-state index is 2.47. The third kappa shape index (κ3) is 4.35. The van der Waals surface area contributed by atoms with Crippen molar-refractivity contribution in [2.45, 2.75) is 19.3 Å². The summed E-state index contributed by atoms with van der Waals surface area (Å²) in [5.74, 6) is 0. The Morgan fingerprint density at radius 1 is 0.339 bits per heavy atom. The molecular weight excluding hydrogens is 693 g/mol. The van der Waals surface area contributed by atoms with E-state index in [0.29, 0.717) is 0 Å². The number of thiophene rings is 1. The predicted octanol–water partition coefficient (Wildman–Crippen LogP) is 16.0. The first-order valence-electron chi connectivity index (χ1n) is 19.6. The Labute approximate surface area is 329 Å². The molecule has 0 saturated carbocycles. The lowest BCUT2D eigenvalue weighted by Gasteiger charge is -2.24. The smallest absolute Gasteiger partial charge is 0.0434 e. The zero-order valence-corrected chi connectivity index (χ0v) is 32.0. The molecular formula is C55H36S. The van der Waals surface area contributed by atoms with Gasteiger partial charge in [0.15, 0.2) is 0 Å². The number of hydrogen-bond donors (Lipinski definition) is 0. The van der Waals surface area contributed by atoms with E-state index in [2.05, 4.69) is 196 Å². The van der Waals surface area contributed by atoms with Crippen molar-refractivity contribution < 1.29 is 0 Å². The van der Waals surface area contributed by atoms with Gasteiger partial charge in [-0.15, -0.1) is 11.3 Å². The third-order valence-electron chi connectivity index (χ3n) is 12.6. The molecule has 0 nitrogen and oxygen atoms in total. The van der Waals surface area contributed by atoms with Crippen LogP contribution < -0.4 is 0 Å². The molecule has 0 radical (unpaired) electrons. The van der Waals surface area contributed by atoms with Gasteiger partial charge in [-0.2, -0.15) is 0 Å². The summed E-state index contributed by atoms with van der Waals surface area (Å²) >= 11 is 1.91. The van der Waals surface area contributed by atoms with E-state index >= 15 is 0 Å². The van der Waals surface area contributed by atoms with E-state index in [0.717, 1.165) is 0 Å². The van der Waals surface area contributed by atoms with Gasteiger partial charge in [-0.25, -0.2) is 0 Å². The Hall–Kier alpha value is -6.54. The van der Waals surface area contributed by atoms with Crippen molar-refractivity contribution in [1.29, 1.82) is 0 Å². The molecule has 0 atom stereocenters. The minimum atomic E-state index is -0.117. The Morgan fingerprint density at radius 2 is 0.839 bits per heavy atom. The van der Waals surface area contributed by atoms with Crippen LogP contribution in [0.1, 0.15) is 25.0 Å². The lowest BCUT2D eigenvalue weighted by molar-refractivity contribution is 0.666. The maximum absolute atomic E-state index is 2.47. The third-order valence-corrected chi connectivity index (χ3v) is 13.8. The summed E-state index contributed by atoms with van der Waals surface area (Å²) in [5.41, 5.74) is 13.1. The Bertz CT molecular complexity index is 3390. The molecule has 56 heavy (non-hydrogen) atoms. The molecule has 1 heterocycles. The minimum absolute atomic E-state index is 0.117. The monoisotopic (exact) mass is 728 g/mol. The van der Waals surface area contributed by atoms with Crippen molar-refractivity contribution in [2.75, 3.05) is 0 Å². The van der Waals surface area contributed by atoms with Gasteiger partial charge in [0, 0.05) is 31.2 Å². The molecule has 0 fully saturated rings. The number of rotatable bonds is 3. The summed E-state index contributed by atoms with van der Waals surface area (Å²) in [6, 6.07) is 68.1. The molecule has 10 aromatic carbocycles. The molecule has 0 N–H and O–H groups in total. The summed E-state index contributed by atoms with van der Waals surface area (Å²) in [7, 11) is 0. The highest BCUT2D eigenvalue weighted by molar-refractivity contribution is 7.26. The SMILES string of the molecule is CC1(C)c2ccc(-c3cccc(-c4c5ccccc5c(-c5cccc6c5sc5ccccc56)c5ccccc45)c3)cc2-c2c1c1ccccc1c1ccccc21. The van der Waals surface area contributed by atoms with E-state index in [1.165, 1.54) is 119 Å². The maximum Gasteiger partial charge on any atom is 0.0434 e. The Morgan fingerprint density at radius 3 is 1.54 bits per heavy atom. The molecule has 1 aromatic heterocycles. The first-order chi connectivity index (χ1) is 27.6. The largest absolute Gasteiger partial charge is 0.135 e. The fourth-order valence-corrected chi connectivity index (χ4v) is 11.4. The first-order valence-corrected chi connectivity index (χ1v) is 20.4. The zero-order chi connectivity index (χ0) is 37.1. The van der Waals surface area contributed by atoms with Crippen molar-refractivity contribution in [1.82, 2.24) is 0 Å². The molecule has 0 aliphatic heterocycles. The van der Waals surface area contributed by atoms with Gasteiger partial charge in [0.2, 0.25) is 0 Å². The molecule has 1 heteroatoms. The number of fused-ring (bicyclic) bond motifs is 13. The second-order valence-electron chi connectivity index (χ2n) is 15.9. The fourth-order valence-electron chi connectivity index (χ4n) is 10.2. The van der Waals surface area contributed by atoms with Gasteiger partial charge < -0.3 is 0 Å². The van der Waals surface area contributed by atoms with Crippen LogP contribution in [0.2, 0.25) is 0 Å². The highest BCUT2D eigenvalue weighted by Gasteiger charge is 2.38. The average Bonchev–Trinajstić information content (AvgIpc) is 3.75. The van der Waals surface area contributed by atoms with Crippen molar-refractivity contribution in [2.24, 2.45) is 0 Å². The van der Waals surface area contributed by atoms with Crippen LogP contribution in [0.3, 0.4) is 0 Å². The summed E-state index contributed by atoms with van der Waals surface area (Å²) in [5, 5.41) is 13.1. The summed E-state index contributed by atoms with van der Waals surface area (Å²) in [6.07, 6.45) is 0. The van der Waals surface area contributed by atoms with Crippen LogP contribution in [-0.4, -0.2) is 0 Å². The Kier molecular flexibility index (Phi) is 6.66. The van der Waals surface area contributed by atoms with Crippen LogP contribution in [-0.2, 0) is 5.41 Å². The van der Waals surface area contributed by atoms with Gasteiger partial charge in [-0.1, -0.05) is 178 Å². The second-order valence-corrected chi connectivity index (χ2v) is 17.0. The second kappa shape index (κ2) is 11.7. The van der Waals surface area contributed by atoms with Gasteiger partial charge in [0.25, 0.3) is 0 Å². The lowest BCUT2D eigenvalue weighted by Crippen LogP contribution is -2.15. The van der Waals surface area contributed by atoms with Crippen LogP contribution in [0, 0.1) is 0 Å². The van der Waals surface area contributed by atoms with Gasteiger partial charge in [0.1, 0.15) is 0 Å². The predicted molar refractivity (Wildman–Crippen MR) is 243 cm³/mol. The Balaban J connectivity index is 1.08. The lowest BCUT2D eigenvalue weighted by atomic mass is 9.79. The van der Waals surface area contributed by atoms with E-state index in [1.54, 1.807) is 0 Å². The molecule has 12 rings (SSSR count). The van der Waals surface area contributed by atoms with E-state index in [4.69, 9.17) is 0 Å². The van der Waals surface area contributed by atoms with Gasteiger partial charge >= 0.3 is 0 Å². The highest BCUT2D eigenvalue weighted by atomic mass is 32.1. The summed E-state index contributed by atoms with van der Waals surface area (Å²) < 4.78 is 2.68. The number of benzene rings is 10. The first kappa shape index (κ1) is 31.8.